The van der Waals surface area contributed by atoms with Gasteiger partial charge in [-0.3, -0.25) is 0 Å². The summed E-state index contributed by atoms with van der Waals surface area (Å²) in [5.74, 6) is 3.21. The van der Waals surface area contributed by atoms with Gasteiger partial charge < -0.3 is 4.42 Å². The van der Waals surface area contributed by atoms with Crippen molar-refractivity contribution in [1.82, 2.24) is 0 Å². The van der Waals surface area contributed by atoms with Crippen LogP contribution in [0.2, 0.25) is 0 Å². The molecule has 0 N–H and O–H groups in total. The Morgan fingerprint density at radius 2 is 1.16 bits per heavy atom. The van der Waals surface area contributed by atoms with Crippen molar-refractivity contribution < 1.29 is 40.0 Å². The smallest absolute Gasteiger partial charge is 0.417 e. The third-order valence-corrected chi connectivity index (χ3v) is 9.51. The molecule has 187 valence electrons. The van der Waals surface area contributed by atoms with E-state index in [9.17, 15) is 18.0 Å². The third-order valence-electron chi connectivity index (χ3n) is 5.85. The van der Waals surface area contributed by atoms with Crippen molar-refractivity contribution >= 4 is 34.1 Å². The molecule has 0 amide bonds. The molecule has 1 radical (unpaired) electrons. The number of hydrogen-bond acceptors (Lipinski definition) is 2. The van der Waals surface area contributed by atoms with E-state index in [2.05, 4.69) is 48.0 Å². The van der Waals surface area contributed by atoms with Crippen LogP contribution in [0.5, 0.6) is 0 Å². The molecule has 0 atom stereocenters. The zero-order chi connectivity index (χ0) is 25.2. The van der Waals surface area contributed by atoms with Crippen LogP contribution in [0.25, 0.3) is 11.0 Å². The summed E-state index contributed by atoms with van der Waals surface area (Å²) in [4.78, 5) is 11.8. The molecule has 37 heavy (non-hydrogen) atoms. The van der Waals surface area contributed by atoms with E-state index in [1.807, 2.05) is 54.6 Å². The molecule has 7 heteroatoms. The largest absolute Gasteiger partial charge is 0.423 e. The van der Waals surface area contributed by atoms with Gasteiger partial charge in [0.1, 0.15) is 21.5 Å². The molecule has 0 fully saturated rings. The molecule has 2 nitrogen and oxygen atoms in total. The minimum Gasteiger partial charge on any atom is -0.423 e. The van der Waals surface area contributed by atoms with Crippen molar-refractivity contribution in [2.75, 3.05) is 0 Å². The first-order valence-electron chi connectivity index (χ1n) is 11.1. The van der Waals surface area contributed by atoms with E-state index < -0.39 is 24.6 Å². The van der Waals surface area contributed by atoms with Crippen LogP contribution in [0, 0.1) is 11.6 Å². The molecule has 1 heterocycles. The summed E-state index contributed by atoms with van der Waals surface area (Å²) in [6.07, 6.45) is -4.67. The van der Waals surface area contributed by atoms with Gasteiger partial charge >= 0.3 is 11.8 Å². The standard InChI is InChI=1S/C30H19F3O2P.Au/c31-30(32,33)27-21-29(34)35-28-20-22(16-17-26(27)28)18-19-36(23-10-4-1-5-11-23,24-12-6-2-7-13-24)25-14-8-3-9-15-25;/h1-17,20-21H;/q+1;. The minimum atomic E-state index is -4.67. The Hall–Kier alpha value is -3.39. The van der Waals surface area contributed by atoms with Gasteiger partial charge in [0.2, 0.25) is 0 Å². The Morgan fingerprint density at radius 3 is 1.62 bits per heavy atom. The van der Waals surface area contributed by atoms with Crippen molar-refractivity contribution in [3.05, 3.63) is 137 Å². The molecule has 1 aromatic heterocycles. The van der Waals surface area contributed by atoms with Crippen molar-refractivity contribution in [2.45, 2.75) is 6.18 Å². The second-order valence-corrected chi connectivity index (χ2v) is 11.2. The first kappa shape index (κ1) is 26.7. The monoisotopic (exact) mass is 696 g/mol. The summed E-state index contributed by atoms with van der Waals surface area (Å²) in [5, 5.41) is 2.99. The number of fused-ring (bicyclic) bond motifs is 1. The summed E-state index contributed by atoms with van der Waals surface area (Å²) in [6.45, 7) is 0. The predicted octanol–water partition coefficient (Wildman–Crippen LogP) is 6.11. The predicted molar refractivity (Wildman–Crippen MR) is 140 cm³/mol. The molecule has 0 spiro atoms. The molecule has 4 aromatic carbocycles. The van der Waals surface area contributed by atoms with Gasteiger partial charge in [-0.15, -0.1) is 0 Å². The summed E-state index contributed by atoms with van der Waals surface area (Å²) < 4.78 is 45.5. The maximum absolute atomic E-state index is 13.5. The Bertz CT molecular complexity index is 1540. The molecule has 0 aliphatic heterocycles. The fraction of sp³-hybridized carbons (Fsp3) is 0.0333. The Balaban J connectivity index is 0.00000320. The molecular weight excluding hydrogens is 677 g/mol. The van der Waals surface area contributed by atoms with Gasteiger partial charge in [0.05, 0.1) is 11.2 Å². The Kier molecular flexibility index (Phi) is 7.87. The van der Waals surface area contributed by atoms with Gasteiger partial charge in [0, 0.05) is 39.4 Å². The minimum absolute atomic E-state index is 0. The molecular formula is C30H19AuF3O2P+. The van der Waals surface area contributed by atoms with Crippen LogP contribution in [-0.4, -0.2) is 0 Å². The average Bonchev–Trinajstić information content (AvgIpc) is 2.90. The van der Waals surface area contributed by atoms with Gasteiger partial charge in [-0.1, -0.05) is 54.6 Å². The molecule has 0 saturated heterocycles. The zero-order valence-corrected chi connectivity index (χ0v) is 22.2. The van der Waals surface area contributed by atoms with Crippen LogP contribution in [0.4, 0.5) is 13.2 Å². The van der Waals surface area contributed by atoms with E-state index in [-0.39, 0.29) is 33.3 Å². The van der Waals surface area contributed by atoms with Crippen LogP contribution in [0.3, 0.4) is 0 Å². The maximum Gasteiger partial charge on any atom is 0.417 e. The quantitative estimate of drug-likeness (QED) is 0.0987. The summed E-state index contributed by atoms with van der Waals surface area (Å²) in [7, 11) is -2.46. The number of hydrogen-bond donors (Lipinski definition) is 0. The second-order valence-electron chi connectivity index (χ2n) is 8.10. The zero-order valence-electron chi connectivity index (χ0n) is 19.2. The number of alkyl halides is 3. The van der Waals surface area contributed by atoms with Crippen LogP contribution in [0.15, 0.2) is 124 Å². The molecule has 5 rings (SSSR count). The van der Waals surface area contributed by atoms with Crippen LogP contribution in [0.1, 0.15) is 11.1 Å². The first-order valence-corrected chi connectivity index (χ1v) is 12.9. The van der Waals surface area contributed by atoms with Gasteiger partial charge in [0.25, 0.3) is 0 Å². The SMILES string of the molecule is O=c1cc(C(F)(F)F)c2ccc(C#C[P+](c3ccccc3)(c3ccccc3)c3ccccc3)cc2o1.[Au]. The van der Waals surface area contributed by atoms with Crippen molar-refractivity contribution in [3.8, 4) is 11.6 Å². The molecule has 0 aliphatic carbocycles. The molecule has 0 bridgehead atoms. The van der Waals surface area contributed by atoms with Gasteiger partial charge in [-0.2, -0.15) is 13.2 Å². The Morgan fingerprint density at radius 1 is 0.676 bits per heavy atom. The molecule has 0 saturated carbocycles. The average molecular weight is 696 g/mol. The number of benzene rings is 4. The number of halogens is 3. The van der Waals surface area contributed by atoms with Gasteiger partial charge in [-0.25, -0.2) is 4.79 Å². The second kappa shape index (κ2) is 10.9. The van der Waals surface area contributed by atoms with Crippen LogP contribution in [-0.2, 0) is 28.6 Å². The number of rotatable bonds is 3. The fourth-order valence-electron chi connectivity index (χ4n) is 4.22. The third kappa shape index (κ3) is 5.34. The molecule has 0 aliphatic rings. The fourth-order valence-corrected chi connectivity index (χ4v) is 7.66. The van der Waals surface area contributed by atoms with Crippen LogP contribution < -0.4 is 21.5 Å². The topological polar surface area (TPSA) is 30.2 Å². The van der Waals surface area contributed by atoms with Crippen molar-refractivity contribution in [1.29, 1.82) is 0 Å². The van der Waals surface area contributed by atoms with E-state index >= 15 is 0 Å². The first-order chi connectivity index (χ1) is 17.4. The normalized spacial score (nSPS) is 11.3. The Labute approximate surface area is 228 Å². The molecule has 5 aromatic rings. The maximum atomic E-state index is 13.5. The summed E-state index contributed by atoms with van der Waals surface area (Å²) in [5.41, 5.74) is 1.77. The van der Waals surface area contributed by atoms with Gasteiger partial charge in [-0.05, 0) is 60.5 Å². The van der Waals surface area contributed by atoms with Crippen LogP contribution >= 0.6 is 7.26 Å². The molecule has 0 unspecified atom stereocenters. The summed E-state index contributed by atoms with van der Waals surface area (Å²) >= 11 is 0. The van der Waals surface area contributed by atoms with E-state index in [1.54, 1.807) is 0 Å². The van der Waals surface area contributed by atoms with Crippen molar-refractivity contribution in [2.24, 2.45) is 0 Å². The van der Waals surface area contributed by atoms with Crippen molar-refractivity contribution in [3.63, 3.8) is 0 Å². The van der Waals surface area contributed by atoms with E-state index in [4.69, 9.17) is 4.42 Å². The summed E-state index contributed by atoms with van der Waals surface area (Å²) in [6, 6.07) is 34.7. The van der Waals surface area contributed by atoms with E-state index in [1.165, 1.54) is 18.2 Å². The van der Waals surface area contributed by atoms with Gasteiger partial charge in [0.15, 0.2) is 7.26 Å². The van der Waals surface area contributed by atoms with E-state index in [0.717, 1.165) is 15.9 Å². The van der Waals surface area contributed by atoms with E-state index in [0.29, 0.717) is 11.6 Å².